The minimum Gasteiger partial charge on any atom is -0.471 e. The van der Waals surface area contributed by atoms with Gasteiger partial charge in [-0.2, -0.15) is 4.98 Å². The van der Waals surface area contributed by atoms with Crippen molar-refractivity contribution in [2.45, 2.75) is 13.2 Å². The number of carbonyl (C=O) groups is 1. The van der Waals surface area contributed by atoms with Crippen LogP contribution in [0.25, 0.3) is 11.2 Å². The number of ether oxygens (including phenoxy) is 1. The number of anilines is 1. The SMILES string of the molecule is O=C(Cn1cnc2c(OCc3ccccc3)ncnc21)N1CCN(c2ccccn2)CC1. The van der Waals surface area contributed by atoms with Crippen molar-refractivity contribution in [3.05, 3.63) is 72.9 Å². The molecule has 0 radical (unpaired) electrons. The minimum absolute atomic E-state index is 0.0373. The molecule has 0 saturated carbocycles. The molecule has 0 N–H and O–H groups in total. The van der Waals surface area contributed by atoms with Crippen LogP contribution >= 0.6 is 0 Å². The van der Waals surface area contributed by atoms with Gasteiger partial charge in [0.2, 0.25) is 11.8 Å². The van der Waals surface area contributed by atoms with Gasteiger partial charge in [0.1, 0.15) is 25.3 Å². The second kappa shape index (κ2) is 9.01. The molecule has 0 bridgehead atoms. The lowest BCUT2D eigenvalue weighted by molar-refractivity contribution is -0.132. The van der Waals surface area contributed by atoms with E-state index in [-0.39, 0.29) is 12.5 Å². The first kappa shape index (κ1) is 19.9. The number of hydrogen-bond acceptors (Lipinski definition) is 7. The number of amides is 1. The molecule has 9 heteroatoms. The number of piperazine rings is 1. The number of imidazole rings is 1. The Labute approximate surface area is 185 Å². The summed E-state index contributed by atoms with van der Waals surface area (Å²) in [5.74, 6) is 1.39. The fourth-order valence-corrected chi connectivity index (χ4v) is 3.78. The summed E-state index contributed by atoms with van der Waals surface area (Å²) in [5.41, 5.74) is 2.18. The van der Waals surface area contributed by atoms with Crippen LogP contribution in [-0.2, 0) is 17.9 Å². The molecule has 32 heavy (non-hydrogen) atoms. The summed E-state index contributed by atoms with van der Waals surface area (Å²) in [7, 11) is 0. The highest BCUT2D eigenvalue weighted by atomic mass is 16.5. The van der Waals surface area contributed by atoms with Crippen LogP contribution < -0.4 is 9.64 Å². The fraction of sp³-hybridized carbons (Fsp3) is 0.261. The first-order valence-electron chi connectivity index (χ1n) is 10.5. The van der Waals surface area contributed by atoms with Crippen LogP contribution in [-0.4, -0.2) is 61.5 Å². The van der Waals surface area contributed by atoms with Gasteiger partial charge in [0.05, 0.1) is 6.33 Å². The molecule has 1 amide bonds. The number of carbonyl (C=O) groups excluding carboxylic acids is 1. The van der Waals surface area contributed by atoms with Crippen LogP contribution in [0.2, 0.25) is 0 Å². The monoisotopic (exact) mass is 429 g/mol. The predicted octanol–water partition coefficient (Wildman–Crippen LogP) is 2.15. The predicted molar refractivity (Wildman–Crippen MR) is 119 cm³/mol. The highest BCUT2D eigenvalue weighted by Gasteiger charge is 2.23. The van der Waals surface area contributed by atoms with Gasteiger partial charge in [0.25, 0.3) is 0 Å². The number of pyridine rings is 1. The Morgan fingerprint density at radius 2 is 1.72 bits per heavy atom. The van der Waals surface area contributed by atoms with Gasteiger partial charge in [0, 0.05) is 32.4 Å². The summed E-state index contributed by atoms with van der Waals surface area (Å²) in [6.07, 6.45) is 4.85. The fourth-order valence-electron chi connectivity index (χ4n) is 3.78. The second-order valence-corrected chi connectivity index (χ2v) is 7.55. The molecule has 1 fully saturated rings. The molecule has 5 rings (SSSR count). The molecule has 1 saturated heterocycles. The normalized spacial score (nSPS) is 14.0. The Bertz CT molecular complexity index is 1190. The van der Waals surface area contributed by atoms with Gasteiger partial charge in [-0.3, -0.25) is 4.79 Å². The lowest BCUT2D eigenvalue weighted by atomic mass is 10.2. The second-order valence-electron chi connectivity index (χ2n) is 7.55. The standard InChI is InChI=1S/C23H23N7O2/c31-20(29-12-10-28(11-13-29)19-8-4-5-9-24-19)14-30-17-27-21-22(30)25-16-26-23(21)32-15-18-6-2-1-3-7-18/h1-9,16-17H,10-15H2. The molecule has 1 aromatic carbocycles. The van der Waals surface area contributed by atoms with E-state index >= 15 is 0 Å². The summed E-state index contributed by atoms with van der Waals surface area (Å²) in [5, 5.41) is 0. The third kappa shape index (κ3) is 4.22. The lowest BCUT2D eigenvalue weighted by Gasteiger charge is -2.35. The van der Waals surface area contributed by atoms with Crippen molar-refractivity contribution < 1.29 is 9.53 Å². The summed E-state index contributed by atoms with van der Waals surface area (Å²) in [6, 6.07) is 15.7. The zero-order chi connectivity index (χ0) is 21.8. The van der Waals surface area contributed by atoms with E-state index in [4.69, 9.17) is 4.74 Å². The van der Waals surface area contributed by atoms with Crippen molar-refractivity contribution in [2.24, 2.45) is 0 Å². The Balaban J connectivity index is 1.23. The Hall–Kier alpha value is -4.01. The van der Waals surface area contributed by atoms with Crippen molar-refractivity contribution in [2.75, 3.05) is 31.1 Å². The lowest BCUT2D eigenvalue weighted by Crippen LogP contribution is -2.49. The number of hydrogen-bond donors (Lipinski definition) is 0. The van der Waals surface area contributed by atoms with Crippen molar-refractivity contribution in [1.82, 2.24) is 29.4 Å². The third-order valence-electron chi connectivity index (χ3n) is 5.50. The van der Waals surface area contributed by atoms with Crippen LogP contribution in [0.3, 0.4) is 0 Å². The van der Waals surface area contributed by atoms with E-state index in [1.54, 1.807) is 17.1 Å². The van der Waals surface area contributed by atoms with E-state index < -0.39 is 0 Å². The van der Waals surface area contributed by atoms with Crippen LogP contribution in [0.15, 0.2) is 67.4 Å². The number of benzene rings is 1. The van der Waals surface area contributed by atoms with Crippen molar-refractivity contribution in [1.29, 1.82) is 0 Å². The summed E-state index contributed by atoms with van der Waals surface area (Å²) in [4.78, 5) is 34.3. The zero-order valence-electron chi connectivity index (χ0n) is 17.5. The highest BCUT2D eigenvalue weighted by molar-refractivity contribution is 5.80. The molecule has 1 aliphatic heterocycles. The molecule has 0 unspecified atom stereocenters. The number of fused-ring (bicyclic) bond motifs is 1. The van der Waals surface area contributed by atoms with E-state index in [1.165, 1.54) is 6.33 Å². The quantitative estimate of drug-likeness (QED) is 0.464. The molecule has 1 aliphatic rings. The molecule has 3 aromatic heterocycles. The summed E-state index contributed by atoms with van der Waals surface area (Å²) in [6.45, 7) is 3.39. The Morgan fingerprint density at radius 3 is 2.50 bits per heavy atom. The number of aromatic nitrogens is 5. The van der Waals surface area contributed by atoms with Crippen LogP contribution in [0.5, 0.6) is 5.88 Å². The average Bonchev–Trinajstić information content (AvgIpc) is 3.27. The average molecular weight is 429 g/mol. The molecule has 0 aliphatic carbocycles. The van der Waals surface area contributed by atoms with Gasteiger partial charge < -0.3 is 19.1 Å². The van der Waals surface area contributed by atoms with Crippen molar-refractivity contribution in [3.63, 3.8) is 0 Å². The number of nitrogens with zero attached hydrogens (tertiary/aromatic N) is 7. The Morgan fingerprint density at radius 1 is 0.906 bits per heavy atom. The first-order valence-corrected chi connectivity index (χ1v) is 10.5. The maximum atomic E-state index is 12.9. The number of rotatable bonds is 6. The first-order chi connectivity index (χ1) is 15.8. The molecular weight excluding hydrogens is 406 g/mol. The van der Waals surface area contributed by atoms with E-state index in [9.17, 15) is 4.79 Å². The van der Waals surface area contributed by atoms with E-state index in [1.807, 2.05) is 53.4 Å². The maximum Gasteiger partial charge on any atom is 0.245 e. The van der Waals surface area contributed by atoms with Crippen LogP contribution in [0.1, 0.15) is 5.56 Å². The molecule has 4 aromatic rings. The van der Waals surface area contributed by atoms with Gasteiger partial charge in [-0.1, -0.05) is 36.4 Å². The van der Waals surface area contributed by atoms with Gasteiger partial charge >= 0.3 is 0 Å². The van der Waals surface area contributed by atoms with E-state index in [2.05, 4.69) is 24.8 Å². The topological polar surface area (TPSA) is 89.3 Å². The highest BCUT2D eigenvalue weighted by Crippen LogP contribution is 2.21. The maximum absolute atomic E-state index is 12.9. The molecule has 0 spiro atoms. The van der Waals surface area contributed by atoms with Crippen LogP contribution in [0, 0.1) is 0 Å². The van der Waals surface area contributed by atoms with Gasteiger partial charge in [-0.15, -0.1) is 0 Å². The molecule has 9 nitrogen and oxygen atoms in total. The van der Waals surface area contributed by atoms with E-state index in [0.717, 1.165) is 24.5 Å². The summed E-state index contributed by atoms with van der Waals surface area (Å²) < 4.78 is 7.61. The van der Waals surface area contributed by atoms with Gasteiger partial charge in [0.15, 0.2) is 11.2 Å². The minimum atomic E-state index is 0.0373. The van der Waals surface area contributed by atoms with Gasteiger partial charge in [-0.05, 0) is 17.7 Å². The zero-order valence-corrected chi connectivity index (χ0v) is 17.5. The molecule has 0 atom stereocenters. The van der Waals surface area contributed by atoms with Crippen molar-refractivity contribution >= 4 is 22.9 Å². The third-order valence-corrected chi connectivity index (χ3v) is 5.50. The largest absolute Gasteiger partial charge is 0.471 e. The van der Waals surface area contributed by atoms with Crippen molar-refractivity contribution in [3.8, 4) is 5.88 Å². The van der Waals surface area contributed by atoms with E-state index in [0.29, 0.717) is 36.7 Å². The Kier molecular flexibility index (Phi) is 5.61. The summed E-state index contributed by atoms with van der Waals surface area (Å²) >= 11 is 0. The van der Waals surface area contributed by atoms with Crippen LogP contribution in [0.4, 0.5) is 5.82 Å². The van der Waals surface area contributed by atoms with Gasteiger partial charge in [-0.25, -0.2) is 15.0 Å². The smallest absolute Gasteiger partial charge is 0.245 e. The molecule has 4 heterocycles. The molecule has 162 valence electrons. The molecular formula is C23H23N7O2.